The molecule has 8 heteroatoms. The summed E-state index contributed by atoms with van der Waals surface area (Å²) in [6.45, 7) is 2.36. The van der Waals surface area contributed by atoms with E-state index in [1.54, 1.807) is 12.4 Å². The topological polar surface area (TPSA) is 95.5 Å². The van der Waals surface area contributed by atoms with E-state index < -0.39 is 0 Å². The summed E-state index contributed by atoms with van der Waals surface area (Å²) in [5.74, 6) is 2.78. The number of hydrogen-bond acceptors (Lipinski definition) is 7. The molecule has 1 aliphatic heterocycles. The summed E-state index contributed by atoms with van der Waals surface area (Å²) < 4.78 is 14.0. The van der Waals surface area contributed by atoms with Gasteiger partial charge in [0.05, 0.1) is 12.0 Å². The summed E-state index contributed by atoms with van der Waals surface area (Å²) in [5, 5.41) is 0.912. The maximum Gasteiger partial charge on any atom is 0.158 e. The normalized spacial score (nSPS) is 22.2. The minimum Gasteiger partial charge on any atom is -0.457 e. The van der Waals surface area contributed by atoms with Gasteiger partial charge in [0, 0.05) is 42.4 Å². The molecule has 3 aliphatic rings. The summed E-state index contributed by atoms with van der Waals surface area (Å²) >= 11 is 0. The Kier molecular flexibility index (Phi) is 7.72. The second kappa shape index (κ2) is 11.9. The number of para-hydroxylation sites is 1. The van der Waals surface area contributed by atoms with Crippen molar-refractivity contribution < 1.29 is 14.3 Å². The van der Waals surface area contributed by atoms with Gasteiger partial charge in [0.15, 0.2) is 5.78 Å². The van der Waals surface area contributed by atoms with Crippen molar-refractivity contribution in [3.63, 3.8) is 0 Å². The smallest absolute Gasteiger partial charge is 0.158 e. The number of rotatable bonds is 10. The Hall–Kier alpha value is -4.01. The Labute approximate surface area is 252 Å². The Morgan fingerprint density at radius 2 is 1.84 bits per heavy atom. The van der Waals surface area contributed by atoms with Crippen LogP contribution < -0.4 is 10.5 Å². The Bertz CT molecular complexity index is 1620. The first-order valence-electron chi connectivity index (χ1n) is 15.5. The van der Waals surface area contributed by atoms with Gasteiger partial charge in [0.25, 0.3) is 0 Å². The molecule has 3 atom stereocenters. The van der Waals surface area contributed by atoms with Crippen molar-refractivity contribution in [1.82, 2.24) is 19.4 Å². The maximum absolute atomic E-state index is 13.3. The van der Waals surface area contributed by atoms with Gasteiger partial charge in [-0.2, -0.15) is 0 Å². The molecule has 3 heterocycles. The minimum atomic E-state index is 0.0166. The predicted octanol–water partition coefficient (Wildman–Crippen LogP) is 6.54. The lowest BCUT2D eigenvalue weighted by Crippen LogP contribution is -2.32. The average Bonchev–Trinajstić information content (AvgIpc) is 3.39. The van der Waals surface area contributed by atoms with Gasteiger partial charge in [-0.15, -0.1) is 0 Å². The van der Waals surface area contributed by atoms with Crippen molar-refractivity contribution in [2.45, 2.75) is 56.5 Å². The van der Waals surface area contributed by atoms with Gasteiger partial charge >= 0.3 is 0 Å². The van der Waals surface area contributed by atoms with Crippen molar-refractivity contribution in [1.29, 1.82) is 0 Å². The van der Waals surface area contributed by atoms with Gasteiger partial charge in [0.2, 0.25) is 0 Å². The molecule has 0 spiro atoms. The summed E-state index contributed by atoms with van der Waals surface area (Å²) in [7, 11) is 2.10. The highest BCUT2D eigenvalue weighted by molar-refractivity contribution is 6.03. The Morgan fingerprint density at radius 3 is 2.58 bits per heavy atom. The molecule has 2 saturated carbocycles. The molecule has 4 aromatic rings. The quantitative estimate of drug-likeness (QED) is 0.214. The number of nitrogens with two attached hydrogens (primary N) is 1. The van der Waals surface area contributed by atoms with Crippen molar-refractivity contribution >= 4 is 22.6 Å². The SMILES string of the molecule is CN(C/C=C/C(=O)C1CC[C@@H](n2c(C3CC3)c(-c3ccc(Oc4ccccc4)cc3)c3c(N)ncnc32)C1)[C@H]1CCOC1. The number of aromatic nitrogens is 3. The fourth-order valence-electron chi connectivity index (χ4n) is 6.85. The van der Waals surface area contributed by atoms with Crippen LogP contribution in [0.25, 0.3) is 22.2 Å². The number of hydrogen-bond donors (Lipinski definition) is 1. The Balaban J connectivity index is 1.15. The van der Waals surface area contributed by atoms with Gasteiger partial charge in [-0.05, 0) is 87.4 Å². The summed E-state index contributed by atoms with van der Waals surface area (Å²) in [4.78, 5) is 24.7. The lowest BCUT2D eigenvalue weighted by Gasteiger charge is -2.20. The fraction of sp³-hybridized carbons (Fsp3) is 0.400. The van der Waals surface area contributed by atoms with Crippen LogP contribution in [-0.4, -0.2) is 58.1 Å². The van der Waals surface area contributed by atoms with Crippen molar-refractivity contribution in [2.75, 3.05) is 32.5 Å². The first-order valence-corrected chi connectivity index (χ1v) is 15.5. The van der Waals surface area contributed by atoms with E-state index >= 15 is 0 Å². The second-order valence-corrected chi connectivity index (χ2v) is 12.2. The number of anilines is 1. The lowest BCUT2D eigenvalue weighted by molar-refractivity contribution is -0.118. The van der Waals surface area contributed by atoms with E-state index in [4.69, 9.17) is 20.2 Å². The van der Waals surface area contributed by atoms with Gasteiger partial charge < -0.3 is 19.8 Å². The molecule has 1 unspecified atom stereocenters. The Morgan fingerprint density at radius 1 is 1.05 bits per heavy atom. The van der Waals surface area contributed by atoms with Gasteiger partial charge in [-0.25, -0.2) is 9.97 Å². The van der Waals surface area contributed by atoms with Gasteiger partial charge in [-0.1, -0.05) is 36.4 Å². The maximum atomic E-state index is 13.3. The third kappa shape index (κ3) is 5.69. The molecule has 0 bridgehead atoms. The minimum absolute atomic E-state index is 0.0166. The molecular weight excluding hydrogens is 538 g/mol. The molecule has 2 aromatic carbocycles. The zero-order valence-corrected chi connectivity index (χ0v) is 24.7. The monoisotopic (exact) mass is 577 g/mol. The summed E-state index contributed by atoms with van der Waals surface area (Å²) in [5.41, 5.74) is 10.9. The number of nitrogen functional groups attached to an aromatic ring is 1. The first kappa shape index (κ1) is 27.8. The third-order valence-electron chi connectivity index (χ3n) is 9.31. The number of ketones is 1. The van der Waals surface area contributed by atoms with Crippen LogP contribution >= 0.6 is 0 Å². The number of likely N-dealkylation sites (N-methyl/N-ethyl adjacent to an activating group) is 1. The highest BCUT2D eigenvalue weighted by atomic mass is 16.5. The first-order chi connectivity index (χ1) is 21.1. The molecule has 1 saturated heterocycles. The van der Waals surface area contributed by atoms with Crippen molar-refractivity contribution in [3.8, 4) is 22.6 Å². The molecule has 8 nitrogen and oxygen atoms in total. The van der Waals surface area contributed by atoms with E-state index in [2.05, 4.69) is 33.6 Å². The fourth-order valence-corrected chi connectivity index (χ4v) is 6.85. The highest BCUT2D eigenvalue weighted by Crippen LogP contribution is 2.52. The van der Waals surface area contributed by atoms with Crippen molar-refractivity contribution in [3.05, 3.63) is 78.8 Å². The van der Waals surface area contributed by atoms with E-state index in [0.29, 0.717) is 17.8 Å². The molecule has 2 aromatic heterocycles. The highest BCUT2D eigenvalue weighted by Gasteiger charge is 2.38. The number of ether oxygens (including phenoxy) is 2. The summed E-state index contributed by atoms with van der Waals surface area (Å²) in [6, 6.07) is 18.7. The molecule has 0 amide bonds. The zero-order valence-electron chi connectivity index (χ0n) is 24.7. The molecule has 7 rings (SSSR count). The predicted molar refractivity (Wildman–Crippen MR) is 168 cm³/mol. The van der Waals surface area contributed by atoms with Gasteiger partial charge in [0.1, 0.15) is 29.3 Å². The number of benzene rings is 2. The van der Waals surface area contributed by atoms with Crippen LogP contribution in [0.15, 0.2) is 73.1 Å². The molecule has 2 aliphatic carbocycles. The second-order valence-electron chi connectivity index (χ2n) is 12.2. The number of carbonyl (C=O) groups is 1. The van der Waals surface area contributed by atoms with E-state index in [0.717, 1.165) is 91.9 Å². The molecule has 222 valence electrons. The molecule has 2 N–H and O–H groups in total. The van der Waals surface area contributed by atoms with Crippen LogP contribution in [0.4, 0.5) is 5.82 Å². The number of allylic oxidation sites excluding steroid dienone is 1. The number of fused-ring (bicyclic) bond motifs is 1. The molecule has 0 radical (unpaired) electrons. The zero-order chi connectivity index (χ0) is 29.3. The van der Waals surface area contributed by atoms with E-state index in [1.807, 2.05) is 48.5 Å². The molecule has 43 heavy (non-hydrogen) atoms. The van der Waals surface area contributed by atoms with Crippen LogP contribution in [0.1, 0.15) is 56.2 Å². The number of nitrogens with zero attached hydrogens (tertiary/aromatic N) is 4. The van der Waals surface area contributed by atoms with Crippen LogP contribution in [0.5, 0.6) is 11.5 Å². The lowest BCUT2D eigenvalue weighted by atomic mass is 10.00. The number of carbonyl (C=O) groups excluding carboxylic acids is 1. The van der Waals surface area contributed by atoms with E-state index in [-0.39, 0.29) is 17.7 Å². The van der Waals surface area contributed by atoms with E-state index in [1.165, 1.54) is 5.69 Å². The molecular formula is C35H39N5O3. The largest absolute Gasteiger partial charge is 0.457 e. The average molecular weight is 578 g/mol. The van der Waals surface area contributed by atoms with E-state index in [9.17, 15) is 4.79 Å². The summed E-state index contributed by atoms with van der Waals surface area (Å²) in [6.07, 6.45) is 11.4. The van der Waals surface area contributed by atoms with Gasteiger partial charge in [-0.3, -0.25) is 9.69 Å². The standard InChI is InChI=1S/C35H39N5O3/c1-39(27-17-19-42-21-27)18-5-8-30(41)25-11-14-26(20-25)40-33(24-9-10-24)31(32-34(36)37-22-38-35(32)40)23-12-15-29(16-13-23)43-28-6-3-2-4-7-28/h2-8,12-13,15-16,22,24-27H,9-11,14,17-21H2,1H3,(H2,36,37,38)/b8-5+/t25?,26-,27+/m1/s1. The van der Waals surface area contributed by atoms with Crippen molar-refractivity contribution in [2.24, 2.45) is 5.92 Å². The van der Waals surface area contributed by atoms with Crippen LogP contribution in [0, 0.1) is 5.92 Å². The van der Waals surface area contributed by atoms with Crippen LogP contribution in [0.2, 0.25) is 0 Å². The van der Waals surface area contributed by atoms with Crippen LogP contribution in [-0.2, 0) is 9.53 Å². The van der Waals surface area contributed by atoms with Crippen LogP contribution in [0.3, 0.4) is 0 Å². The molecule has 3 fully saturated rings. The third-order valence-corrected chi connectivity index (χ3v) is 9.31.